The predicted molar refractivity (Wildman–Crippen MR) is 129 cm³/mol. The fourth-order valence-electron chi connectivity index (χ4n) is 3.01. The van der Waals surface area contributed by atoms with Crippen LogP contribution in [0.1, 0.15) is 23.5 Å². The molecule has 1 fully saturated rings. The number of thiophene rings is 1. The van der Waals surface area contributed by atoms with E-state index in [0.29, 0.717) is 5.92 Å². The second kappa shape index (κ2) is 14.8. The van der Waals surface area contributed by atoms with Crippen molar-refractivity contribution in [2.75, 3.05) is 46.1 Å². The van der Waals surface area contributed by atoms with Crippen molar-refractivity contribution in [3.63, 3.8) is 0 Å². The van der Waals surface area contributed by atoms with Gasteiger partial charge in [-0.3, -0.25) is 4.99 Å². The zero-order valence-corrected chi connectivity index (χ0v) is 20.0. The predicted octanol–water partition coefficient (Wildman–Crippen LogP) is 3.72. The standard InChI is InChI=1S/C21H31N3O3S.HI/c1-4-19(27-13-1)6-10-23-21(24-11-7-20-5-2-15-28-20)22-9-3-12-25-16-18-8-14-26-17-18;/h1-2,4-5,13,15,18H,3,6-12,14,16-17H2,(H2,22,23,24);1H. The molecule has 162 valence electrons. The molecule has 0 saturated carbocycles. The number of halogens is 1. The number of furan rings is 1. The molecule has 1 aliphatic heterocycles. The molecule has 0 spiro atoms. The van der Waals surface area contributed by atoms with Gasteiger partial charge in [-0.15, -0.1) is 35.3 Å². The van der Waals surface area contributed by atoms with Crippen LogP contribution in [0.5, 0.6) is 0 Å². The van der Waals surface area contributed by atoms with E-state index in [9.17, 15) is 0 Å². The maximum Gasteiger partial charge on any atom is 0.191 e. The Morgan fingerprint density at radius 2 is 2.10 bits per heavy atom. The molecule has 0 radical (unpaired) electrons. The molecule has 1 unspecified atom stereocenters. The lowest BCUT2D eigenvalue weighted by Crippen LogP contribution is -2.39. The maximum atomic E-state index is 5.76. The van der Waals surface area contributed by atoms with Gasteiger partial charge in [-0.2, -0.15) is 0 Å². The Kier molecular flexibility index (Phi) is 12.3. The summed E-state index contributed by atoms with van der Waals surface area (Å²) in [6.45, 7) is 5.67. The van der Waals surface area contributed by atoms with Gasteiger partial charge in [0, 0.05) is 50.1 Å². The second-order valence-electron chi connectivity index (χ2n) is 6.90. The van der Waals surface area contributed by atoms with Crippen molar-refractivity contribution in [1.82, 2.24) is 10.6 Å². The molecule has 2 aromatic rings. The molecule has 2 N–H and O–H groups in total. The zero-order valence-electron chi connectivity index (χ0n) is 16.8. The molecule has 29 heavy (non-hydrogen) atoms. The summed E-state index contributed by atoms with van der Waals surface area (Å²) in [5, 5.41) is 8.94. The van der Waals surface area contributed by atoms with Gasteiger partial charge in [0.2, 0.25) is 0 Å². The largest absolute Gasteiger partial charge is 0.469 e. The number of hydrogen-bond donors (Lipinski definition) is 2. The topological polar surface area (TPSA) is 68.0 Å². The van der Waals surface area contributed by atoms with Crippen LogP contribution in [0.3, 0.4) is 0 Å². The number of hydrogen-bond acceptors (Lipinski definition) is 5. The lowest BCUT2D eigenvalue weighted by atomic mass is 10.1. The smallest absolute Gasteiger partial charge is 0.191 e. The molecule has 0 aromatic carbocycles. The molecule has 0 aliphatic carbocycles. The highest BCUT2D eigenvalue weighted by Gasteiger charge is 2.15. The van der Waals surface area contributed by atoms with Crippen molar-refractivity contribution < 1.29 is 13.9 Å². The van der Waals surface area contributed by atoms with Crippen LogP contribution in [-0.2, 0) is 22.3 Å². The Bertz CT molecular complexity index is 617. The summed E-state index contributed by atoms with van der Waals surface area (Å²) < 4.78 is 16.5. The second-order valence-corrected chi connectivity index (χ2v) is 7.93. The maximum absolute atomic E-state index is 5.76. The average molecular weight is 533 g/mol. The molecule has 3 rings (SSSR count). The van der Waals surface area contributed by atoms with Crippen molar-refractivity contribution in [2.24, 2.45) is 10.9 Å². The highest BCUT2D eigenvalue weighted by atomic mass is 127. The van der Waals surface area contributed by atoms with E-state index >= 15 is 0 Å². The minimum absolute atomic E-state index is 0. The highest BCUT2D eigenvalue weighted by molar-refractivity contribution is 14.0. The molecule has 1 atom stereocenters. The number of ether oxygens (including phenoxy) is 2. The van der Waals surface area contributed by atoms with Gasteiger partial charge in [0.15, 0.2) is 5.96 Å². The van der Waals surface area contributed by atoms with Gasteiger partial charge < -0.3 is 24.5 Å². The first kappa shape index (κ1) is 24.2. The summed E-state index contributed by atoms with van der Waals surface area (Å²) in [7, 11) is 0. The Balaban J connectivity index is 0.00000300. The fraction of sp³-hybridized carbons (Fsp3) is 0.571. The Labute approximate surface area is 194 Å². The van der Waals surface area contributed by atoms with Crippen LogP contribution in [0.4, 0.5) is 0 Å². The Morgan fingerprint density at radius 3 is 2.83 bits per heavy atom. The van der Waals surface area contributed by atoms with E-state index < -0.39 is 0 Å². The summed E-state index contributed by atoms with van der Waals surface area (Å²) in [6, 6.07) is 8.17. The van der Waals surface area contributed by atoms with Gasteiger partial charge in [0.1, 0.15) is 5.76 Å². The van der Waals surface area contributed by atoms with Gasteiger partial charge >= 0.3 is 0 Å². The number of nitrogens with one attached hydrogen (secondary N) is 2. The first-order valence-electron chi connectivity index (χ1n) is 10.1. The van der Waals surface area contributed by atoms with Crippen molar-refractivity contribution in [1.29, 1.82) is 0 Å². The van der Waals surface area contributed by atoms with Crippen LogP contribution in [0, 0.1) is 5.92 Å². The summed E-state index contributed by atoms with van der Waals surface area (Å²) in [5.74, 6) is 2.41. The summed E-state index contributed by atoms with van der Waals surface area (Å²) in [5.41, 5.74) is 0. The molecular weight excluding hydrogens is 501 g/mol. The van der Waals surface area contributed by atoms with Crippen LogP contribution in [0.25, 0.3) is 0 Å². The van der Waals surface area contributed by atoms with Crippen molar-refractivity contribution in [2.45, 2.75) is 25.7 Å². The van der Waals surface area contributed by atoms with Crippen LogP contribution >= 0.6 is 35.3 Å². The van der Waals surface area contributed by atoms with Gasteiger partial charge in [-0.05, 0) is 42.8 Å². The normalized spacial score (nSPS) is 16.6. The van der Waals surface area contributed by atoms with Gasteiger partial charge in [-0.1, -0.05) is 6.07 Å². The summed E-state index contributed by atoms with van der Waals surface area (Å²) in [6.07, 6.45) is 5.59. The lowest BCUT2D eigenvalue weighted by Gasteiger charge is -2.12. The first-order valence-corrected chi connectivity index (χ1v) is 11.0. The van der Waals surface area contributed by atoms with Crippen molar-refractivity contribution in [3.05, 3.63) is 46.5 Å². The molecule has 1 saturated heterocycles. The fourth-order valence-corrected chi connectivity index (χ4v) is 3.72. The third-order valence-electron chi connectivity index (χ3n) is 4.58. The first-order chi connectivity index (χ1) is 13.9. The SMILES string of the molecule is I.c1coc(CCNC(=NCCCOCC2CCOC2)NCCc2cccs2)c1. The van der Waals surface area contributed by atoms with E-state index in [-0.39, 0.29) is 24.0 Å². The third-order valence-corrected chi connectivity index (χ3v) is 5.52. The number of nitrogens with zero attached hydrogens (tertiary/aromatic N) is 1. The van der Waals surface area contributed by atoms with Crippen LogP contribution < -0.4 is 10.6 Å². The van der Waals surface area contributed by atoms with Gasteiger partial charge in [-0.25, -0.2) is 0 Å². The van der Waals surface area contributed by atoms with E-state index in [2.05, 4.69) is 28.1 Å². The quantitative estimate of drug-likeness (QED) is 0.189. The molecule has 1 aliphatic rings. The summed E-state index contributed by atoms with van der Waals surface area (Å²) in [4.78, 5) is 6.07. The average Bonchev–Trinajstić information content (AvgIpc) is 3.48. The highest BCUT2D eigenvalue weighted by Crippen LogP contribution is 2.12. The number of guanidine groups is 1. The van der Waals surface area contributed by atoms with Crippen LogP contribution in [-0.4, -0.2) is 52.0 Å². The van der Waals surface area contributed by atoms with Gasteiger partial charge in [0.25, 0.3) is 0 Å². The minimum atomic E-state index is 0. The van der Waals surface area contributed by atoms with Crippen LogP contribution in [0.2, 0.25) is 0 Å². The lowest BCUT2D eigenvalue weighted by molar-refractivity contribution is 0.0893. The molecular formula is C21H32IN3O3S. The number of rotatable bonds is 12. The monoisotopic (exact) mass is 533 g/mol. The zero-order chi connectivity index (χ0) is 19.3. The molecule has 0 bridgehead atoms. The molecule has 0 amide bonds. The van der Waals surface area contributed by atoms with Crippen molar-refractivity contribution >= 4 is 41.3 Å². The summed E-state index contributed by atoms with van der Waals surface area (Å²) >= 11 is 1.79. The Morgan fingerprint density at radius 1 is 1.21 bits per heavy atom. The minimum Gasteiger partial charge on any atom is -0.469 e. The molecule has 3 heterocycles. The number of aliphatic imine (C=N–C) groups is 1. The van der Waals surface area contributed by atoms with Gasteiger partial charge in [0.05, 0.1) is 19.5 Å². The molecule has 2 aromatic heterocycles. The Hall–Kier alpha value is -1.10. The van der Waals surface area contributed by atoms with Crippen molar-refractivity contribution in [3.8, 4) is 0 Å². The van der Waals surface area contributed by atoms with E-state index in [4.69, 9.17) is 18.9 Å². The van der Waals surface area contributed by atoms with E-state index in [1.165, 1.54) is 4.88 Å². The van der Waals surface area contributed by atoms with E-state index in [0.717, 1.165) is 83.5 Å². The van der Waals surface area contributed by atoms with Crippen LogP contribution in [0.15, 0.2) is 45.3 Å². The van der Waals surface area contributed by atoms with E-state index in [1.807, 2.05) is 12.1 Å². The molecule has 6 nitrogen and oxygen atoms in total. The molecule has 8 heteroatoms. The van der Waals surface area contributed by atoms with E-state index in [1.54, 1.807) is 17.6 Å². The third kappa shape index (κ3) is 9.97.